The van der Waals surface area contributed by atoms with E-state index >= 15 is 0 Å². The minimum atomic E-state index is -0.248. The van der Waals surface area contributed by atoms with Crippen LogP contribution in [0.15, 0.2) is 28.7 Å². The number of furan rings is 1. The molecule has 0 aliphatic rings. The first-order chi connectivity index (χ1) is 9.22. The van der Waals surface area contributed by atoms with Crippen molar-refractivity contribution < 1.29 is 13.9 Å². The molecule has 4 heteroatoms. The van der Waals surface area contributed by atoms with Gasteiger partial charge >= 0.3 is 0 Å². The molecule has 2 aromatic rings. The van der Waals surface area contributed by atoms with Crippen molar-refractivity contribution in [3.05, 3.63) is 35.8 Å². The summed E-state index contributed by atoms with van der Waals surface area (Å²) in [4.78, 5) is 0. The molecule has 1 aromatic heterocycles. The average Bonchev–Trinajstić information content (AvgIpc) is 2.79. The van der Waals surface area contributed by atoms with E-state index in [0.29, 0.717) is 18.0 Å². The number of hydrogen-bond acceptors (Lipinski definition) is 3. The van der Waals surface area contributed by atoms with Crippen molar-refractivity contribution in [2.75, 3.05) is 13.2 Å². The number of hydrogen-bond donors (Lipinski definition) is 2. The minimum absolute atomic E-state index is 0.226. The van der Waals surface area contributed by atoms with Gasteiger partial charge in [-0.05, 0) is 43.1 Å². The standard InChI is InChI=1S/C15H20FNO2/c1-2-11(5-6-18)9-17-10-14-8-12-7-13(16)3-4-15(12)19-14/h3-4,7-8,11,17-18H,2,5-6,9-10H2,1H3. The van der Waals surface area contributed by atoms with Crippen LogP contribution in [0.25, 0.3) is 11.0 Å². The maximum Gasteiger partial charge on any atom is 0.134 e. The van der Waals surface area contributed by atoms with Gasteiger partial charge in [-0.2, -0.15) is 0 Å². The highest BCUT2D eigenvalue weighted by Crippen LogP contribution is 2.20. The second-order valence-corrected chi connectivity index (χ2v) is 4.81. The molecule has 104 valence electrons. The quantitative estimate of drug-likeness (QED) is 0.808. The highest BCUT2D eigenvalue weighted by molar-refractivity contribution is 5.77. The Morgan fingerprint density at radius 3 is 2.95 bits per heavy atom. The SMILES string of the molecule is CCC(CCO)CNCc1cc2cc(F)ccc2o1. The van der Waals surface area contributed by atoms with Crippen molar-refractivity contribution in [2.45, 2.75) is 26.3 Å². The molecule has 0 radical (unpaired) electrons. The summed E-state index contributed by atoms with van der Waals surface area (Å²) in [5.41, 5.74) is 0.709. The van der Waals surface area contributed by atoms with Crippen LogP contribution >= 0.6 is 0 Å². The molecule has 19 heavy (non-hydrogen) atoms. The molecule has 0 aliphatic heterocycles. The molecular formula is C15H20FNO2. The molecule has 1 unspecified atom stereocenters. The maximum atomic E-state index is 13.1. The van der Waals surface area contributed by atoms with Crippen LogP contribution in [0.1, 0.15) is 25.5 Å². The number of rotatable bonds is 7. The molecule has 0 amide bonds. The van der Waals surface area contributed by atoms with Crippen LogP contribution < -0.4 is 5.32 Å². The fraction of sp³-hybridized carbons (Fsp3) is 0.467. The van der Waals surface area contributed by atoms with Crippen molar-refractivity contribution >= 4 is 11.0 Å². The maximum absolute atomic E-state index is 13.1. The zero-order chi connectivity index (χ0) is 13.7. The fourth-order valence-electron chi connectivity index (χ4n) is 2.19. The monoisotopic (exact) mass is 265 g/mol. The first kappa shape index (κ1) is 14.0. The van der Waals surface area contributed by atoms with E-state index in [2.05, 4.69) is 12.2 Å². The first-order valence-corrected chi connectivity index (χ1v) is 6.72. The van der Waals surface area contributed by atoms with E-state index in [4.69, 9.17) is 9.52 Å². The van der Waals surface area contributed by atoms with Gasteiger partial charge in [-0.3, -0.25) is 0 Å². The molecular weight excluding hydrogens is 245 g/mol. The highest BCUT2D eigenvalue weighted by atomic mass is 19.1. The van der Waals surface area contributed by atoms with E-state index in [1.807, 2.05) is 6.07 Å². The summed E-state index contributed by atoms with van der Waals surface area (Å²) in [6.07, 6.45) is 1.85. The molecule has 0 fully saturated rings. The third-order valence-electron chi connectivity index (χ3n) is 3.38. The van der Waals surface area contributed by atoms with Crippen molar-refractivity contribution in [2.24, 2.45) is 5.92 Å². The third kappa shape index (κ3) is 3.78. The molecule has 0 bridgehead atoms. The Morgan fingerprint density at radius 2 is 2.21 bits per heavy atom. The number of nitrogens with one attached hydrogen (secondary N) is 1. The van der Waals surface area contributed by atoms with Crippen molar-refractivity contribution in [3.8, 4) is 0 Å². The predicted molar refractivity (Wildman–Crippen MR) is 73.4 cm³/mol. The summed E-state index contributed by atoms with van der Waals surface area (Å²) in [5.74, 6) is 1.04. The van der Waals surface area contributed by atoms with Crippen molar-refractivity contribution in [1.82, 2.24) is 5.32 Å². The Kier molecular flexibility index (Phi) is 4.93. The Labute approximate surface area is 112 Å². The minimum Gasteiger partial charge on any atom is -0.460 e. The van der Waals surface area contributed by atoms with Crippen molar-refractivity contribution in [1.29, 1.82) is 0 Å². The Hall–Kier alpha value is -1.39. The number of aliphatic hydroxyl groups is 1. The summed E-state index contributed by atoms with van der Waals surface area (Å²) in [6, 6.07) is 6.38. The van der Waals surface area contributed by atoms with Gasteiger partial charge in [0.1, 0.15) is 17.2 Å². The van der Waals surface area contributed by atoms with Crippen molar-refractivity contribution in [3.63, 3.8) is 0 Å². The van der Waals surface area contributed by atoms with Crippen LogP contribution in [-0.4, -0.2) is 18.3 Å². The average molecular weight is 265 g/mol. The molecule has 3 nitrogen and oxygen atoms in total. The highest BCUT2D eigenvalue weighted by Gasteiger charge is 2.07. The van der Waals surface area contributed by atoms with Gasteiger partial charge in [-0.25, -0.2) is 4.39 Å². The smallest absolute Gasteiger partial charge is 0.134 e. The van der Waals surface area contributed by atoms with Gasteiger partial charge in [0.2, 0.25) is 0 Å². The van der Waals surface area contributed by atoms with E-state index < -0.39 is 0 Å². The van der Waals surface area contributed by atoms with Crippen LogP contribution in [0, 0.1) is 11.7 Å². The molecule has 1 heterocycles. The molecule has 2 N–H and O–H groups in total. The van der Waals surface area contributed by atoms with Gasteiger partial charge in [-0.15, -0.1) is 0 Å². The molecule has 1 atom stereocenters. The third-order valence-corrected chi connectivity index (χ3v) is 3.38. The Morgan fingerprint density at radius 1 is 1.37 bits per heavy atom. The predicted octanol–water partition coefficient (Wildman–Crippen LogP) is 3.07. The lowest BCUT2D eigenvalue weighted by molar-refractivity contribution is 0.250. The van der Waals surface area contributed by atoms with Gasteiger partial charge in [0, 0.05) is 12.0 Å². The van der Waals surface area contributed by atoms with E-state index in [0.717, 1.165) is 30.5 Å². The summed E-state index contributed by atoms with van der Waals surface area (Å²) < 4.78 is 18.7. The Bertz CT molecular complexity index is 524. The van der Waals surface area contributed by atoms with Gasteiger partial charge < -0.3 is 14.8 Å². The Balaban J connectivity index is 1.91. The molecule has 2 rings (SSSR count). The van der Waals surface area contributed by atoms with Crippen LogP contribution in [0.3, 0.4) is 0 Å². The van der Waals surface area contributed by atoms with E-state index in [9.17, 15) is 4.39 Å². The van der Waals surface area contributed by atoms with E-state index in [1.165, 1.54) is 12.1 Å². The zero-order valence-electron chi connectivity index (χ0n) is 11.2. The molecule has 0 saturated heterocycles. The normalized spacial score (nSPS) is 13.0. The first-order valence-electron chi connectivity index (χ1n) is 6.72. The number of aliphatic hydroxyl groups excluding tert-OH is 1. The second kappa shape index (κ2) is 6.68. The van der Waals surface area contributed by atoms with Gasteiger partial charge in [0.15, 0.2) is 0 Å². The van der Waals surface area contributed by atoms with Gasteiger partial charge in [0.25, 0.3) is 0 Å². The van der Waals surface area contributed by atoms with E-state index in [1.54, 1.807) is 6.07 Å². The summed E-state index contributed by atoms with van der Waals surface area (Å²) in [5, 5.41) is 13.0. The fourth-order valence-corrected chi connectivity index (χ4v) is 2.19. The van der Waals surface area contributed by atoms with Crippen LogP contribution in [0.2, 0.25) is 0 Å². The molecule has 1 aromatic carbocycles. The molecule has 0 saturated carbocycles. The summed E-state index contributed by atoms with van der Waals surface area (Å²) in [6.45, 7) is 3.82. The van der Waals surface area contributed by atoms with Crippen LogP contribution in [0.4, 0.5) is 4.39 Å². The molecule has 0 spiro atoms. The lowest BCUT2D eigenvalue weighted by Gasteiger charge is -2.13. The summed E-state index contributed by atoms with van der Waals surface area (Å²) >= 11 is 0. The zero-order valence-corrected chi connectivity index (χ0v) is 11.2. The van der Waals surface area contributed by atoms with Gasteiger partial charge in [-0.1, -0.05) is 13.3 Å². The largest absolute Gasteiger partial charge is 0.460 e. The number of benzene rings is 1. The van der Waals surface area contributed by atoms with E-state index in [-0.39, 0.29) is 12.4 Å². The lowest BCUT2D eigenvalue weighted by Crippen LogP contribution is -2.22. The van der Waals surface area contributed by atoms with Gasteiger partial charge in [0.05, 0.1) is 6.54 Å². The topological polar surface area (TPSA) is 45.4 Å². The number of fused-ring (bicyclic) bond motifs is 1. The second-order valence-electron chi connectivity index (χ2n) is 4.81. The van der Waals surface area contributed by atoms with Crippen LogP contribution in [0.5, 0.6) is 0 Å². The number of halogens is 1. The molecule has 0 aliphatic carbocycles. The van der Waals surface area contributed by atoms with Crippen LogP contribution in [-0.2, 0) is 6.54 Å². The lowest BCUT2D eigenvalue weighted by atomic mass is 10.0. The summed E-state index contributed by atoms with van der Waals surface area (Å²) in [7, 11) is 0.